The SMILES string of the molecule is CC(C)CCNC(=O)Cc1csc(COc2ccc(Cl)cc2)n1. The van der Waals surface area contributed by atoms with Crippen molar-refractivity contribution >= 4 is 28.8 Å². The molecule has 1 aromatic heterocycles. The number of ether oxygens (including phenoxy) is 1. The van der Waals surface area contributed by atoms with Crippen LogP contribution >= 0.6 is 22.9 Å². The third kappa shape index (κ3) is 6.59. The maximum absolute atomic E-state index is 11.8. The summed E-state index contributed by atoms with van der Waals surface area (Å²) < 4.78 is 5.65. The van der Waals surface area contributed by atoms with Crippen LogP contribution < -0.4 is 10.1 Å². The van der Waals surface area contributed by atoms with E-state index in [2.05, 4.69) is 24.1 Å². The molecule has 0 saturated carbocycles. The molecule has 4 nitrogen and oxygen atoms in total. The van der Waals surface area contributed by atoms with Gasteiger partial charge in [-0.1, -0.05) is 25.4 Å². The molecule has 0 unspecified atom stereocenters. The average Bonchev–Trinajstić information content (AvgIpc) is 2.93. The molecule has 1 N–H and O–H groups in total. The minimum absolute atomic E-state index is 0.0149. The van der Waals surface area contributed by atoms with E-state index in [1.807, 2.05) is 17.5 Å². The van der Waals surface area contributed by atoms with Gasteiger partial charge < -0.3 is 10.1 Å². The Morgan fingerprint density at radius 2 is 2.09 bits per heavy atom. The third-order valence-corrected chi connectivity index (χ3v) is 4.28. The molecule has 0 atom stereocenters. The van der Waals surface area contributed by atoms with E-state index in [1.54, 1.807) is 12.1 Å². The number of thiazole rings is 1. The molecule has 0 spiro atoms. The van der Waals surface area contributed by atoms with Gasteiger partial charge in [-0.05, 0) is 36.6 Å². The molecule has 1 aromatic carbocycles. The minimum atomic E-state index is 0.0149. The van der Waals surface area contributed by atoms with Crippen LogP contribution in [0.25, 0.3) is 0 Å². The van der Waals surface area contributed by atoms with Gasteiger partial charge in [-0.2, -0.15) is 0 Å². The molecule has 1 amide bonds. The van der Waals surface area contributed by atoms with Crippen LogP contribution in [0.3, 0.4) is 0 Å². The number of nitrogens with zero attached hydrogens (tertiary/aromatic N) is 1. The van der Waals surface area contributed by atoms with Crippen LogP contribution in [0.15, 0.2) is 29.6 Å². The van der Waals surface area contributed by atoms with Gasteiger partial charge in [0.1, 0.15) is 17.4 Å². The summed E-state index contributed by atoms with van der Waals surface area (Å²) >= 11 is 7.33. The van der Waals surface area contributed by atoms with Crippen molar-refractivity contribution < 1.29 is 9.53 Å². The molecule has 2 aromatic rings. The van der Waals surface area contributed by atoms with E-state index < -0.39 is 0 Å². The summed E-state index contributed by atoms with van der Waals surface area (Å²) in [6, 6.07) is 7.20. The first-order valence-corrected chi connectivity index (χ1v) is 8.87. The molecule has 124 valence electrons. The van der Waals surface area contributed by atoms with Gasteiger partial charge in [0, 0.05) is 16.9 Å². The van der Waals surface area contributed by atoms with Gasteiger partial charge in [-0.25, -0.2) is 4.98 Å². The number of benzene rings is 1. The standard InChI is InChI=1S/C17H21ClN2O2S/c1-12(2)7-8-19-16(21)9-14-11-23-17(20-14)10-22-15-5-3-13(18)4-6-15/h3-6,11-12H,7-10H2,1-2H3,(H,19,21). The maximum Gasteiger partial charge on any atom is 0.226 e. The van der Waals surface area contributed by atoms with E-state index in [9.17, 15) is 4.79 Å². The Bertz CT molecular complexity index is 626. The highest BCUT2D eigenvalue weighted by molar-refractivity contribution is 7.09. The van der Waals surface area contributed by atoms with Crippen molar-refractivity contribution in [3.63, 3.8) is 0 Å². The molecule has 0 radical (unpaired) electrons. The Kier molecular flexibility index (Phi) is 6.86. The topological polar surface area (TPSA) is 51.2 Å². The van der Waals surface area contributed by atoms with E-state index in [1.165, 1.54) is 11.3 Å². The Labute approximate surface area is 145 Å². The van der Waals surface area contributed by atoms with Crippen LogP contribution in [0.1, 0.15) is 31.0 Å². The molecule has 0 saturated heterocycles. The number of rotatable bonds is 8. The minimum Gasteiger partial charge on any atom is -0.486 e. The quantitative estimate of drug-likeness (QED) is 0.778. The van der Waals surface area contributed by atoms with E-state index in [4.69, 9.17) is 16.3 Å². The first-order chi connectivity index (χ1) is 11.0. The fourth-order valence-corrected chi connectivity index (χ4v) is 2.73. The van der Waals surface area contributed by atoms with Crippen LogP contribution in [0.2, 0.25) is 5.02 Å². The second-order valence-corrected chi connectivity index (χ2v) is 7.06. The smallest absolute Gasteiger partial charge is 0.226 e. The molecule has 0 bridgehead atoms. The van der Waals surface area contributed by atoms with E-state index >= 15 is 0 Å². The van der Waals surface area contributed by atoms with Gasteiger partial charge in [-0.15, -0.1) is 11.3 Å². The van der Waals surface area contributed by atoms with Crippen LogP contribution in [0.5, 0.6) is 5.75 Å². The number of carbonyl (C=O) groups is 1. The lowest BCUT2D eigenvalue weighted by Crippen LogP contribution is -2.27. The zero-order chi connectivity index (χ0) is 16.7. The van der Waals surface area contributed by atoms with E-state index in [-0.39, 0.29) is 5.91 Å². The van der Waals surface area contributed by atoms with Crippen LogP contribution in [-0.2, 0) is 17.8 Å². The fourth-order valence-electron chi connectivity index (χ4n) is 1.90. The van der Waals surface area contributed by atoms with Crippen molar-refractivity contribution in [2.45, 2.75) is 33.3 Å². The number of nitrogens with one attached hydrogen (secondary N) is 1. The average molecular weight is 353 g/mol. The van der Waals surface area contributed by atoms with Gasteiger partial charge in [0.15, 0.2) is 0 Å². The fraction of sp³-hybridized carbons (Fsp3) is 0.412. The van der Waals surface area contributed by atoms with Crippen molar-refractivity contribution in [3.8, 4) is 5.75 Å². The predicted molar refractivity (Wildman–Crippen MR) is 94.1 cm³/mol. The number of hydrogen-bond acceptors (Lipinski definition) is 4. The normalized spacial score (nSPS) is 10.8. The molecule has 1 heterocycles. The predicted octanol–water partition coefficient (Wildman–Crippen LogP) is 4.08. The lowest BCUT2D eigenvalue weighted by atomic mass is 10.1. The van der Waals surface area contributed by atoms with Crippen LogP contribution in [-0.4, -0.2) is 17.4 Å². The molecule has 6 heteroatoms. The molecule has 0 aliphatic carbocycles. The highest BCUT2D eigenvalue weighted by Gasteiger charge is 2.08. The molecular formula is C17H21ClN2O2S. The Hall–Kier alpha value is -1.59. The summed E-state index contributed by atoms with van der Waals surface area (Å²) in [5.74, 6) is 1.35. The first-order valence-electron chi connectivity index (χ1n) is 7.61. The van der Waals surface area contributed by atoms with Crippen molar-refractivity contribution in [2.75, 3.05) is 6.54 Å². The summed E-state index contributed by atoms with van der Waals surface area (Å²) in [5, 5.41) is 6.35. The third-order valence-electron chi connectivity index (χ3n) is 3.16. The number of hydrogen-bond donors (Lipinski definition) is 1. The molecular weight excluding hydrogens is 332 g/mol. The Morgan fingerprint density at radius 3 is 2.78 bits per heavy atom. The highest BCUT2D eigenvalue weighted by atomic mass is 35.5. The van der Waals surface area contributed by atoms with Crippen molar-refractivity contribution in [1.82, 2.24) is 10.3 Å². The van der Waals surface area contributed by atoms with Crippen molar-refractivity contribution in [1.29, 1.82) is 0 Å². The molecule has 23 heavy (non-hydrogen) atoms. The van der Waals surface area contributed by atoms with Gasteiger partial charge in [0.25, 0.3) is 0 Å². The van der Waals surface area contributed by atoms with E-state index in [0.29, 0.717) is 30.5 Å². The first kappa shape index (κ1) is 17.8. The molecule has 2 rings (SSSR count). The molecule has 0 aliphatic heterocycles. The zero-order valence-electron chi connectivity index (χ0n) is 13.3. The Morgan fingerprint density at radius 1 is 1.35 bits per heavy atom. The molecule has 0 fully saturated rings. The number of carbonyl (C=O) groups excluding carboxylic acids is 1. The van der Waals surface area contributed by atoms with Crippen molar-refractivity contribution in [3.05, 3.63) is 45.4 Å². The monoisotopic (exact) mass is 352 g/mol. The maximum atomic E-state index is 11.8. The summed E-state index contributed by atoms with van der Waals surface area (Å²) in [7, 11) is 0. The summed E-state index contributed by atoms with van der Waals surface area (Å²) in [6.45, 7) is 5.38. The van der Waals surface area contributed by atoms with Crippen LogP contribution in [0.4, 0.5) is 0 Å². The summed E-state index contributed by atoms with van der Waals surface area (Å²) in [6.07, 6.45) is 1.30. The van der Waals surface area contributed by atoms with Gasteiger partial charge >= 0.3 is 0 Å². The van der Waals surface area contributed by atoms with Gasteiger partial charge in [-0.3, -0.25) is 4.79 Å². The highest BCUT2D eigenvalue weighted by Crippen LogP contribution is 2.18. The van der Waals surface area contributed by atoms with Crippen molar-refractivity contribution in [2.24, 2.45) is 5.92 Å². The zero-order valence-corrected chi connectivity index (χ0v) is 14.9. The molecule has 0 aliphatic rings. The largest absolute Gasteiger partial charge is 0.486 e. The lowest BCUT2D eigenvalue weighted by molar-refractivity contribution is -0.120. The number of amides is 1. The lowest BCUT2D eigenvalue weighted by Gasteiger charge is -2.06. The van der Waals surface area contributed by atoms with Gasteiger partial charge in [0.05, 0.1) is 12.1 Å². The Balaban J connectivity index is 1.76. The second-order valence-electron chi connectivity index (χ2n) is 5.68. The van der Waals surface area contributed by atoms with Crippen LogP contribution in [0, 0.1) is 5.92 Å². The number of aromatic nitrogens is 1. The second kappa shape index (κ2) is 8.89. The van der Waals surface area contributed by atoms with Gasteiger partial charge in [0.2, 0.25) is 5.91 Å². The summed E-state index contributed by atoms with van der Waals surface area (Å²) in [5.41, 5.74) is 0.784. The van der Waals surface area contributed by atoms with E-state index in [0.717, 1.165) is 22.9 Å². The number of halogens is 1. The summed E-state index contributed by atoms with van der Waals surface area (Å²) in [4.78, 5) is 16.3.